The number of benzene rings is 1. The van der Waals surface area contributed by atoms with Crippen molar-refractivity contribution in [2.45, 2.75) is 26.3 Å². The summed E-state index contributed by atoms with van der Waals surface area (Å²) in [5.74, 6) is 0.866. The Morgan fingerprint density at radius 2 is 2.00 bits per heavy atom. The number of rotatable bonds is 5. The van der Waals surface area contributed by atoms with E-state index in [-0.39, 0.29) is 6.04 Å². The Morgan fingerprint density at radius 3 is 2.47 bits per heavy atom. The molecule has 0 radical (unpaired) electrons. The molecule has 1 rings (SSSR count). The van der Waals surface area contributed by atoms with Gasteiger partial charge in [-0.15, -0.1) is 0 Å². The predicted octanol–water partition coefficient (Wildman–Crippen LogP) is 3.05. The third-order valence-electron chi connectivity index (χ3n) is 2.23. The molecule has 1 aromatic carbocycles. The van der Waals surface area contributed by atoms with Gasteiger partial charge >= 0.3 is 0 Å². The van der Waals surface area contributed by atoms with Crippen LogP contribution in [-0.4, -0.2) is 6.61 Å². The average Bonchev–Trinajstić information content (AvgIpc) is 2.26. The van der Waals surface area contributed by atoms with Crippen LogP contribution in [-0.2, 0) is 0 Å². The molecular formula is C13H19NO. The molecule has 15 heavy (non-hydrogen) atoms. The molecule has 0 bridgehead atoms. The van der Waals surface area contributed by atoms with E-state index in [9.17, 15) is 0 Å². The Balaban J connectivity index is 2.60. The van der Waals surface area contributed by atoms with Gasteiger partial charge in [0.15, 0.2) is 0 Å². The Morgan fingerprint density at radius 1 is 1.40 bits per heavy atom. The molecule has 0 aromatic heterocycles. The maximum atomic E-state index is 5.91. The molecule has 2 nitrogen and oxygen atoms in total. The van der Waals surface area contributed by atoms with E-state index in [0.717, 1.165) is 23.3 Å². The molecule has 0 fully saturated rings. The van der Waals surface area contributed by atoms with E-state index in [1.165, 1.54) is 0 Å². The molecule has 0 amide bonds. The maximum absolute atomic E-state index is 5.91. The molecule has 0 saturated carbocycles. The molecule has 1 atom stereocenters. The van der Waals surface area contributed by atoms with Crippen LogP contribution < -0.4 is 10.5 Å². The highest BCUT2D eigenvalue weighted by Gasteiger charge is 2.02. The SMILES string of the molecule is C=C(C)COc1ccc([C@@H](N)CC)cc1. The van der Waals surface area contributed by atoms with Crippen LogP contribution >= 0.6 is 0 Å². The average molecular weight is 205 g/mol. The Hall–Kier alpha value is -1.28. The fourth-order valence-corrected chi connectivity index (χ4v) is 1.25. The molecular weight excluding hydrogens is 186 g/mol. The van der Waals surface area contributed by atoms with E-state index in [4.69, 9.17) is 10.5 Å². The molecule has 0 unspecified atom stereocenters. The zero-order valence-electron chi connectivity index (χ0n) is 9.49. The first kappa shape index (κ1) is 11.8. The predicted molar refractivity (Wildman–Crippen MR) is 64.0 cm³/mol. The highest BCUT2D eigenvalue weighted by atomic mass is 16.5. The highest BCUT2D eigenvalue weighted by Crippen LogP contribution is 2.18. The van der Waals surface area contributed by atoms with Crippen molar-refractivity contribution in [3.8, 4) is 5.75 Å². The van der Waals surface area contributed by atoms with E-state index < -0.39 is 0 Å². The Kier molecular flexibility index (Phi) is 4.37. The summed E-state index contributed by atoms with van der Waals surface area (Å²) >= 11 is 0. The van der Waals surface area contributed by atoms with Crippen molar-refractivity contribution in [3.63, 3.8) is 0 Å². The first-order valence-corrected chi connectivity index (χ1v) is 5.26. The van der Waals surface area contributed by atoms with Crippen molar-refractivity contribution in [1.82, 2.24) is 0 Å². The van der Waals surface area contributed by atoms with Crippen molar-refractivity contribution in [3.05, 3.63) is 42.0 Å². The zero-order valence-corrected chi connectivity index (χ0v) is 9.49. The third kappa shape index (κ3) is 3.76. The van der Waals surface area contributed by atoms with Gasteiger partial charge in [0.05, 0.1) is 0 Å². The van der Waals surface area contributed by atoms with Gasteiger partial charge < -0.3 is 10.5 Å². The van der Waals surface area contributed by atoms with Gasteiger partial charge in [-0.2, -0.15) is 0 Å². The van der Waals surface area contributed by atoms with Gasteiger partial charge in [-0.3, -0.25) is 0 Å². The molecule has 0 aliphatic carbocycles. The summed E-state index contributed by atoms with van der Waals surface area (Å²) in [7, 11) is 0. The maximum Gasteiger partial charge on any atom is 0.119 e. The van der Waals surface area contributed by atoms with Crippen LogP contribution in [0.15, 0.2) is 36.4 Å². The quantitative estimate of drug-likeness (QED) is 0.750. The molecule has 0 heterocycles. The molecule has 0 spiro atoms. The molecule has 0 aliphatic heterocycles. The van der Waals surface area contributed by atoms with Gasteiger partial charge in [0.1, 0.15) is 12.4 Å². The fraction of sp³-hybridized carbons (Fsp3) is 0.385. The third-order valence-corrected chi connectivity index (χ3v) is 2.23. The van der Waals surface area contributed by atoms with Crippen LogP contribution in [0.1, 0.15) is 31.9 Å². The second-order valence-electron chi connectivity index (χ2n) is 3.83. The molecule has 2 N–H and O–H groups in total. The summed E-state index contributed by atoms with van der Waals surface area (Å²) in [4.78, 5) is 0. The van der Waals surface area contributed by atoms with Crippen molar-refractivity contribution < 1.29 is 4.74 Å². The summed E-state index contributed by atoms with van der Waals surface area (Å²) in [6.45, 7) is 8.38. The number of hydrogen-bond donors (Lipinski definition) is 1. The first-order valence-electron chi connectivity index (χ1n) is 5.26. The van der Waals surface area contributed by atoms with Gasteiger partial charge in [-0.1, -0.05) is 25.6 Å². The molecule has 0 aliphatic rings. The Bertz CT molecular complexity index is 316. The van der Waals surface area contributed by atoms with Crippen molar-refractivity contribution in [2.75, 3.05) is 6.61 Å². The van der Waals surface area contributed by atoms with Crippen LogP contribution in [0, 0.1) is 0 Å². The van der Waals surface area contributed by atoms with E-state index in [1.54, 1.807) is 0 Å². The highest BCUT2D eigenvalue weighted by molar-refractivity contribution is 5.29. The van der Waals surface area contributed by atoms with Crippen LogP contribution in [0.4, 0.5) is 0 Å². The lowest BCUT2D eigenvalue weighted by molar-refractivity contribution is 0.352. The van der Waals surface area contributed by atoms with E-state index in [2.05, 4.69) is 13.5 Å². The fourth-order valence-electron chi connectivity index (χ4n) is 1.25. The number of ether oxygens (including phenoxy) is 1. The van der Waals surface area contributed by atoms with Crippen molar-refractivity contribution >= 4 is 0 Å². The minimum atomic E-state index is 0.125. The number of hydrogen-bond acceptors (Lipinski definition) is 2. The molecule has 0 saturated heterocycles. The standard InChI is InChI=1S/C13H19NO/c1-4-13(14)11-5-7-12(8-6-11)15-9-10(2)3/h5-8,13H,2,4,9,14H2,1,3H3/t13-/m0/s1. The lowest BCUT2D eigenvalue weighted by Gasteiger charge is -2.10. The molecule has 2 heteroatoms. The van der Waals surface area contributed by atoms with E-state index >= 15 is 0 Å². The zero-order chi connectivity index (χ0) is 11.3. The van der Waals surface area contributed by atoms with Gasteiger partial charge in [-0.05, 0) is 36.6 Å². The normalized spacial score (nSPS) is 12.2. The van der Waals surface area contributed by atoms with Crippen LogP contribution in [0.3, 0.4) is 0 Å². The summed E-state index contributed by atoms with van der Waals surface area (Å²) in [6, 6.07) is 8.06. The van der Waals surface area contributed by atoms with E-state index in [1.807, 2.05) is 31.2 Å². The van der Waals surface area contributed by atoms with Gasteiger partial charge in [0.25, 0.3) is 0 Å². The molecule has 1 aromatic rings. The van der Waals surface area contributed by atoms with Crippen molar-refractivity contribution in [1.29, 1.82) is 0 Å². The summed E-state index contributed by atoms with van der Waals surface area (Å²) in [6.07, 6.45) is 0.950. The Labute approximate surface area is 91.7 Å². The van der Waals surface area contributed by atoms with Gasteiger partial charge in [0.2, 0.25) is 0 Å². The minimum Gasteiger partial charge on any atom is -0.489 e. The topological polar surface area (TPSA) is 35.2 Å². The lowest BCUT2D eigenvalue weighted by Crippen LogP contribution is -2.08. The van der Waals surface area contributed by atoms with Crippen LogP contribution in [0.5, 0.6) is 5.75 Å². The van der Waals surface area contributed by atoms with E-state index in [0.29, 0.717) is 6.61 Å². The second kappa shape index (κ2) is 5.56. The largest absolute Gasteiger partial charge is 0.489 e. The summed E-state index contributed by atoms with van der Waals surface area (Å²) < 4.78 is 5.50. The minimum absolute atomic E-state index is 0.125. The lowest BCUT2D eigenvalue weighted by atomic mass is 10.1. The monoisotopic (exact) mass is 205 g/mol. The second-order valence-corrected chi connectivity index (χ2v) is 3.83. The van der Waals surface area contributed by atoms with Crippen molar-refractivity contribution in [2.24, 2.45) is 5.73 Å². The van der Waals surface area contributed by atoms with Crippen LogP contribution in [0.2, 0.25) is 0 Å². The summed E-state index contributed by atoms with van der Waals surface area (Å²) in [5, 5.41) is 0. The van der Waals surface area contributed by atoms with Gasteiger partial charge in [0, 0.05) is 6.04 Å². The first-order chi connectivity index (χ1) is 7.13. The number of nitrogens with two attached hydrogens (primary N) is 1. The smallest absolute Gasteiger partial charge is 0.119 e. The molecule has 82 valence electrons. The van der Waals surface area contributed by atoms with Crippen LogP contribution in [0.25, 0.3) is 0 Å². The summed E-state index contributed by atoms with van der Waals surface area (Å²) in [5.41, 5.74) is 8.08. The van der Waals surface area contributed by atoms with Gasteiger partial charge in [-0.25, -0.2) is 0 Å².